The fraction of sp³-hybridized carbons (Fsp3) is 0.923. The van der Waals surface area contributed by atoms with Crippen LogP contribution in [0.5, 0.6) is 0 Å². The molecule has 0 aromatic rings. The SMILES string of the molecule is COCCCNC1CCN(CC(=O)N(C)C)CC1. The third-order valence-electron chi connectivity index (χ3n) is 3.40. The number of hydrogen-bond acceptors (Lipinski definition) is 4. The monoisotopic (exact) mass is 257 g/mol. The molecular formula is C13H27N3O2. The van der Waals surface area contributed by atoms with Crippen LogP contribution in [0.15, 0.2) is 0 Å². The number of carbonyl (C=O) groups is 1. The first-order chi connectivity index (χ1) is 8.63. The quantitative estimate of drug-likeness (QED) is 0.660. The molecular weight excluding hydrogens is 230 g/mol. The molecule has 1 saturated heterocycles. The van der Waals surface area contributed by atoms with Gasteiger partial charge >= 0.3 is 0 Å². The van der Waals surface area contributed by atoms with E-state index in [1.54, 1.807) is 12.0 Å². The Kier molecular flexibility index (Phi) is 7.23. The van der Waals surface area contributed by atoms with Gasteiger partial charge in [0.2, 0.25) is 5.91 Å². The smallest absolute Gasteiger partial charge is 0.236 e. The number of likely N-dealkylation sites (N-methyl/N-ethyl adjacent to an activating group) is 1. The molecule has 1 fully saturated rings. The largest absolute Gasteiger partial charge is 0.385 e. The zero-order valence-electron chi connectivity index (χ0n) is 11.9. The lowest BCUT2D eigenvalue weighted by atomic mass is 10.0. The predicted molar refractivity (Wildman–Crippen MR) is 72.7 cm³/mol. The molecule has 1 N–H and O–H groups in total. The molecule has 0 bridgehead atoms. The van der Waals surface area contributed by atoms with E-state index in [-0.39, 0.29) is 5.91 Å². The van der Waals surface area contributed by atoms with Gasteiger partial charge in [-0.1, -0.05) is 0 Å². The molecule has 0 aromatic carbocycles. The van der Waals surface area contributed by atoms with Crippen LogP contribution in [0.4, 0.5) is 0 Å². The van der Waals surface area contributed by atoms with Gasteiger partial charge in [-0.3, -0.25) is 9.69 Å². The normalized spacial score (nSPS) is 17.9. The van der Waals surface area contributed by atoms with Crippen molar-refractivity contribution in [1.82, 2.24) is 15.1 Å². The Balaban J connectivity index is 2.11. The van der Waals surface area contributed by atoms with Crippen molar-refractivity contribution >= 4 is 5.91 Å². The van der Waals surface area contributed by atoms with Gasteiger partial charge in [0.25, 0.3) is 0 Å². The van der Waals surface area contributed by atoms with Crippen LogP contribution in [0.3, 0.4) is 0 Å². The molecule has 0 spiro atoms. The highest BCUT2D eigenvalue weighted by molar-refractivity contribution is 5.77. The minimum Gasteiger partial charge on any atom is -0.385 e. The molecule has 0 saturated carbocycles. The maximum atomic E-state index is 11.6. The average Bonchev–Trinajstić information content (AvgIpc) is 2.36. The van der Waals surface area contributed by atoms with Crippen molar-refractivity contribution in [1.29, 1.82) is 0 Å². The molecule has 1 rings (SSSR count). The number of amides is 1. The highest BCUT2D eigenvalue weighted by Gasteiger charge is 2.20. The standard InChI is InChI=1S/C13H27N3O2/c1-15(2)13(17)11-16-8-5-12(6-9-16)14-7-4-10-18-3/h12,14H,4-11H2,1-3H3. The van der Waals surface area contributed by atoms with Crippen LogP contribution in [-0.4, -0.2) is 75.7 Å². The fourth-order valence-corrected chi connectivity index (χ4v) is 2.15. The van der Waals surface area contributed by atoms with Gasteiger partial charge in [-0.2, -0.15) is 0 Å². The summed E-state index contributed by atoms with van der Waals surface area (Å²) in [5.41, 5.74) is 0. The van der Waals surface area contributed by atoms with Gasteiger partial charge in [-0.05, 0) is 25.8 Å². The summed E-state index contributed by atoms with van der Waals surface area (Å²) in [6.07, 6.45) is 3.33. The number of hydrogen-bond donors (Lipinski definition) is 1. The van der Waals surface area contributed by atoms with E-state index in [0.29, 0.717) is 12.6 Å². The molecule has 1 aliphatic heterocycles. The Morgan fingerprint density at radius 1 is 1.39 bits per heavy atom. The maximum Gasteiger partial charge on any atom is 0.236 e. The fourth-order valence-electron chi connectivity index (χ4n) is 2.15. The molecule has 5 nitrogen and oxygen atoms in total. The van der Waals surface area contributed by atoms with E-state index in [1.807, 2.05) is 14.1 Å². The highest BCUT2D eigenvalue weighted by Crippen LogP contribution is 2.10. The Labute approximate surface area is 110 Å². The number of nitrogens with zero attached hydrogens (tertiary/aromatic N) is 2. The minimum absolute atomic E-state index is 0.196. The van der Waals surface area contributed by atoms with Gasteiger partial charge in [0, 0.05) is 46.9 Å². The van der Waals surface area contributed by atoms with Crippen molar-refractivity contribution < 1.29 is 9.53 Å². The van der Waals surface area contributed by atoms with Gasteiger partial charge in [-0.15, -0.1) is 0 Å². The molecule has 5 heteroatoms. The topological polar surface area (TPSA) is 44.8 Å². The van der Waals surface area contributed by atoms with Crippen molar-refractivity contribution in [3.8, 4) is 0 Å². The summed E-state index contributed by atoms with van der Waals surface area (Å²) in [5, 5.41) is 3.55. The summed E-state index contributed by atoms with van der Waals surface area (Å²) in [7, 11) is 5.36. The minimum atomic E-state index is 0.196. The van der Waals surface area contributed by atoms with Crippen LogP contribution in [-0.2, 0) is 9.53 Å². The maximum absolute atomic E-state index is 11.6. The second-order valence-electron chi connectivity index (χ2n) is 5.14. The van der Waals surface area contributed by atoms with Crippen molar-refractivity contribution in [2.75, 3.05) is 54.0 Å². The molecule has 0 unspecified atom stereocenters. The molecule has 1 heterocycles. The van der Waals surface area contributed by atoms with Crippen LogP contribution in [0.25, 0.3) is 0 Å². The predicted octanol–water partition coefficient (Wildman–Crippen LogP) is 0.165. The molecule has 0 aromatic heterocycles. The van der Waals surface area contributed by atoms with Gasteiger partial charge < -0.3 is 15.0 Å². The van der Waals surface area contributed by atoms with E-state index in [1.165, 1.54) is 0 Å². The van der Waals surface area contributed by atoms with Crippen molar-refractivity contribution in [3.05, 3.63) is 0 Å². The van der Waals surface area contributed by atoms with Crippen LogP contribution in [0, 0.1) is 0 Å². The van der Waals surface area contributed by atoms with E-state index in [2.05, 4.69) is 10.2 Å². The van der Waals surface area contributed by atoms with Gasteiger partial charge in [0.1, 0.15) is 0 Å². The molecule has 1 amide bonds. The molecule has 0 atom stereocenters. The Hall–Kier alpha value is -0.650. The first-order valence-corrected chi connectivity index (χ1v) is 6.78. The van der Waals surface area contributed by atoms with Gasteiger partial charge in [0.05, 0.1) is 6.54 Å². The summed E-state index contributed by atoms with van der Waals surface area (Å²) in [6, 6.07) is 0.604. The van der Waals surface area contributed by atoms with Gasteiger partial charge in [0.15, 0.2) is 0 Å². The first kappa shape index (κ1) is 15.4. The third-order valence-corrected chi connectivity index (χ3v) is 3.40. The van der Waals surface area contributed by atoms with Crippen LogP contribution < -0.4 is 5.32 Å². The number of piperidine rings is 1. The molecule has 18 heavy (non-hydrogen) atoms. The zero-order chi connectivity index (χ0) is 13.4. The summed E-state index contributed by atoms with van der Waals surface area (Å²) in [6.45, 7) is 4.44. The van der Waals surface area contributed by atoms with E-state index >= 15 is 0 Å². The second-order valence-corrected chi connectivity index (χ2v) is 5.14. The van der Waals surface area contributed by atoms with Gasteiger partial charge in [-0.25, -0.2) is 0 Å². The Morgan fingerprint density at radius 3 is 2.61 bits per heavy atom. The average molecular weight is 257 g/mol. The van der Waals surface area contributed by atoms with E-state index < -0.39 is 0 Å². The van der Waals surface area contributed by atoms with E-state index in [9.17, 15) is 4.79 Å². The van der Waals surface area contributed by atoms with E-state index in [0.717, 1.165) is 45.5 Å². The van der Waals surface area contributed by atoms with Crippen molar-refractivity contribution in [3.63, 3.8) is 0 Å². The molecule has 0 aliphatic carbocycles. The number of rotatable bonds is 7. The van der Waals surface area contributed by atoms with Crippen LogP contribution in [0.2, 0.25) is 0 Å². The summed E-state index contributed by atoms with van der Waals surface area (Å²) < 4.78 is 5.02. The van der Waals surface area contributed by atoms with Crippen LogP contribution in [0.1, 0.15) is 19.3 Å². The van der Waals surface area contributed by atoms with Crippen LogP contribution >= 0.6 is 0 Å². The Morgan fingerprint density at radius 2 is 2.06 bits per heavy atom. The third kappa shape index (κ3) is 5.80. The second kappa shape index (κ2) is 8.45. The summed E-state index contributed by atoms with van der Waals surface area (Å²) in [5.74, 6) is 0.196. The zero-order valence-corrected chi connectivity index (χ0v) is 11.9. The molecule has 1 aliphatic rings. The summed E-state index contributed by atoms with van der Waals surface area (Å²) in [4.78, 5) is 15.5. The van der Waals surface area contributed by atoms with Crippen molar-refractivity contribution in [2.45, 2.75) is 25.3 Å². The first-order valence-electron chi connectivity index (χ1n) is 6.78. The number of methoxy groups -OCH3 is 1. The lowest BCUT2D eigenvalue weighted by molar-refractivity contribution is -0.130. The Bertz CT molecular complexity index is 238. The number of ether oxygens (including phenoxy) is 1. The summed E-state index contributed by atoms with van der Waals surface area (Å²) >= 11 is 0. The lowest BCUT2D eigenvalue weighted by Gasteiger charge is -2.32. The highest BCUT2D eigenvalue weighted by atomic mass is 16.5. The van der Waals surface area contributed by atoms with Crippen molar-refractivity contribution in [2.24, 2.45) is 0 Å². The number of likely N-dealkylation sites (tertiary alicyclic amines) is 1. The lowest BCUT2D eigenvalue weighted by Crippen LogP contribution is -2.46. The number of carbonyl (C=O) groups excluding carboxylic acids is 1. The number of nitrogens with one attached hydrogen (secondary N) is 1. The van der Waals surface area contributed by atoms with E-state index in [4.69, 9.17) is 4.74 Å². The molecule has 106 valence electrons. The molecule has 0 radical (unpaired) electrons.